The van der Waals surface area contributed by atoms with Crippen molar-refractivity contribution in [2.45, 2.75) is 39.2 Å². The van der Waals surface area contributed by atoms with Crippen molar-refractivity contribution < 1.29 is 8.78 Å². The van der Waals surface area contributed by atoms with Gasteiger partial charge >= 0.3 is 0 Å². The fourth-order valence-electron chi connectivity index (χ4n) is 1.17. The summed E-state index contributed by atoms with van der Waals surface area (Å²) in [6.07, 6.45) is 0. The average molecular weight is 194 g/mol. The molecule has 0 saturated carbocycles. The van der Waals surface area contributed by atoms with Gasteiger partial charge in [-0.1, -0.05) is 6.92 Å². The van der Waals surface area contributed by atoms with E-state index in [1.165, 1.54) is 0 Å². The zero-order chi connectivity index (χ0) is 10.7. The summed E-state index contributed by atoms with van der Waals surface area (Å²) < 4.78 is 25.9. The molecule has 0 fully saturated rings. The molecule has 0 unspecified atom stereocenters. The third-order valence-electron chi connectivity index (χ3n) is 2.05. The predicted molar refractivity (Wildman–Crippen MR) is 51.0 cm³/mol. The van der Waals surface area contributed by atoms with E-state index in [-0.39, 0.29) is 12.1 Å². The van der Waals surface area contributed by atoms with Gasteiger partial charge in [0.25, 0.3) is 5.92 Å². The maximum atomic E-state index is 13.0. The Morgan fingerprint density at radius 2 is 1.69 bits per heavy atom. The minimum atomic E-state index is -2.77. The first-order valence-corrected chi connectivity index (χ1v) is 4.56. The van der Waals surface area contributed by atoms with Crippen molar-refractivity contribution in [1.29, 1.82) is 0 Å². The van der Waals surface area contributed by atoms with Gasteiger partial charge in [0.15, 0.2) is 0 Å². The first-order valence-electron chi connectivity index (χ1n) is 4.56. The van der Waals surface area contributed by atoms with Crippen LogP contribution in [0.3, 0.4) is 0 Å². The summed E-state index contributed by atoms with van der Waals surface area (Å²) in [7, 11) is 0. The van der Waals surface area contributed by atoms with Crippen LogP contribution in [-0.4, -0.2) is 36.0 Å². The van der Waals surface area contributed by atoms with Gasteiger partial charge in [-0.3, -0.25) is 4.90 Å². The summed E-state index contributed by atoms with van der Waals surface area (Å²) >= 11 is 0. The van der Waals surface area contributed by atoms with E-state index >= 15 is 0 Å². The number of hydrogen-bond acceptors (Lipinski definition) is 2. The molecule has 0 bridgehead atoms. The summed E-state index contributed by atoms with van der Waals surface area (Å²) in [5, 5.41) is 0. The van der Waals surface area contributed by atoms with Crippen LogP contribution in [-0.2, 0) is 0 Å². The molecule has 0 radical (unpaired) electrons. The van der Waals surface area contributed by atoms with Gasteiger partial charge in [-0.25, -0.2) is 8.78 Å². The lowest BCUT2D eigenvalue weighted by Gasteiger charge is -2.36. The minimum Gasteiger partial charge on any atom is -0.325 e. The van der Waals surface area contributed by atoms with Crippen LogP contribution in [0.2, 0.25) is 0 Å². The molecule has 0 rings (SSSR count). The van der Waals surface area contributed by atoms with E-state index in [0.29, 0.717) is 6.54 Å². The smallest absolute Gasteiger partial charge is 0.272 e. The van der Waals surface area contributed by atoms with Crippen molar-refractivity contribution in [2.24, 2.45) is 5.73 Å². The van der Waals surface area contributed by atoms with Crippen molar-refractivity contribution in [1.82, 2.24) is 4.90 Å². The SMILES string of the molecule is CCN(CC(F)(F)CN)C(C)(C)C. The van der Waals surface area contributed by atoms with Crippen LogP contribution in [0.15, 0.2) is 0 Å². The Morgan fingerprint density at radius 3 is 1.92 bits per heavy atom. The fourth-order valence-corrected chi connectivity index (χ4v) is 1.17. The largest absolute Gasteiger partial charge is 0.325 e. The Bertz CT molecular complexity index is 152. The zero-order valence-corrected chi connectivity index (χ0v) is 8.90. The molecule has 0 aliphatic carbocycles. The summed E-state index contributed by atoms with van der Waals surface area (Å²) in [4.78, 5) is 1.72. The van der Waals surface area contributed by atoms with Crippen molar-refractivity contribution in [3.05, 3.63) is 0 Å². The van der Waals surface area contributed by atoms with Gasteiger partial charge in [-0.2, -0.15) is 0 Å². The summed E-state index contributed by atoms with van der Waals surface area (Å²) in [6.45, 7) is 7.40. The zero-order valence-electron chi connectivity index (χ0n) is 8.90. The molecule has 80 valence electrons. The molecule has 0 heterocycles. The van der Waals surface area contributed by atoms with E-state index in [1.54, 1.807) is 4.90 Å². The van der Waals surface area contributed by atoms with E-state index < -0.39 is 12.5 Å². The number of hydrogen-bond donors (Lipinski definition) is 1. The highest BCUT2D eigenvalue weighted by Crippen LogP contribution is 2.20. The monoisotopic (exact) mass is 194 g/mol. The second-order valence-corrected chi connectivity index (χ2v) is 4.25. The molecule has 0 aromatic rings. The number of nitrogens with zero attached hydrogens (tertiary/aromatic N) is 1. The Hall–Kier alpha value is -0.220. The number of nitrogens with two attached hydrogens (primary N) is 1. The first kappa shape index (κ1) is 12.8. The Balaban J connectivity index is 4.30. The molecule has 0 amide bonds. The first-order chi connectivity index (χ1) is 5.73. The molecule has 13 heavy (non-hydrogen) atoms. The second kappa shape index (κ2) is 4.33. The van der Waals surface area contributed by atoms with Crippen LogP contribution in [0, 0.1) is 0 Å². The summed E-state index contributed by atoms with van der Waals surface area (Å²) in [6, 6.07) is 0. The molecule has 0 spiro atoms. The van der Waals surface area contributed by atoms with Crippen molar-refractivity contribution in [3.8, 4) is 0 Å². The van der Waals surface area contributed by atoms with Gasteiger partial charge in [0.1, 0.15) is 0 Å². The van der Waals surface area contributed by atoms with Crippen molar-refractivity contribution in [2.75, 3.05) is 19.6 Å². The van der Waals surface area contributed by atoms with Gasteiger partial charge in [0, 0.05) is 5.54 Å². The normalized spacial score (nSPS) is 13.8. The maximum Gasteiger partial charge on any atom is 0.272 e. The van der Waals surface area contributed by atoms with Crippen LogP contribution < -0.4 is 5.73 Å². The molecule has 0 aromatic heterocycles. The lowest BCUT2D eigenvalue weighted by atomic mass is 10.1. The Labute approximate surface area is 79.1 Å². The Morgan fingerprint density at radius 1 is 1.23 bits per heavy atom. The van der Waals surface area contributed by atoms with Crippen LogP contribution in [0.1, 0.15) is 27.7 Å². The topological polar surface area (TPSA) is 29.3 Å². The molecule has 2 N–H and O–H groups in total. The highest BCUT2D eigenvalue weighted by molar-refractivity contribution is 4.81. The summed E-state index contributed by atoms with van der Waals surface area (Å²) in [5.41, 5.74) is 4.75. The standard InChI is InChI=1S/C9H20F2N2/c1-5-13(8(2,3)4)7-9(10,11)6-12/h5-7,12H2,1-4H3. The molecule has 0 saturated heterocycles. The van der Waals surface area contributed by atoms with Crippen molar-refractivity contribution >= 4 is 0 Å². The van der Waals surface area contributed by atoms with E-state index in [9.17, 15) is 8.78 Å². The molecule has 0 aromatic carbocycles. The minimum absolute atomic E-state index is 0.229. The van der Waals surface area contributed by atoms with Gasteiger partial charge < -0.3 is 5.73 Å². The van der Waals surface area contributed by atoms with Gasteiger partial charge in [-0.05, 0) is 27.3 Å². The van der Waals surface area contributed by atoms with Crippen LogP contribution in [0.4, 0.5) is 8.78 Å². The Kier molecular flexibility index (Phi) is 4.26. The molecule has 2 nitrogen and oxygen atoms in total. The highest BCUT2D eigenvalue weighted by Gasteiger charge is 2.33. The lowest BCUT2D eigenvalue weighted by Crippen LogP contribution is -2.49. The molecular formula is C9H20F2N2. The van der Waals surface area contributed by atoms with E-state index in [2.05, 4.69) is 0 Å². The highest BCUT2D eigenvalue weighted by atomic mass is 19.3. The van der Waals surface area contributed by atoms with E-state index in [0.717, 1.165) is 0 Å². The lowest BCUT2D eigenvalue weighted by molar-refractivity contribution is -0.0442. The predicted octanol–water partition coefficient (Wildman–Crippen LogP) is 1.70. The quantitative estimate of drug-likeness (QED) is 0.738. The number of rotatable bonds is 4. The second-order valence-electron chi connectivity index (χ2n) is 4.25. The van der Waals surface area contributed by atoms with Crippen LogP contribution >= 0.6 is 0 Å². The van der Waals surface area contributed by atoms with Gasteiger partial charge in [0.2, 0.25) is 0 Å². The van der Waals surface area contributed by atoms with E-state index in [1.807, 2.05) is 27.7 Å². The van der Waals surface area contributed by atoms with E-state index in [4.69, 9.17) is 5.73 Å². The third kappa shape index (κ3) is 4.52. The maximum absolute atomic E-state index is 13.0. The van der Waals surface area contributed by atoms with Gasteiger partial charge in [0.05, 0.1) is 13.1 Å². The van der Waals surface area contributed by atoms with Crippen LogP contribution in [0.25, 0.3) is 0 Å². The fraction of sp³-hybridized carbons (Fsp3) is 1.00. The summed E-state index contributed by atoms with van der Waals surface area (Å²) in [5.74, 6) is -2.77. The van der Waals surface area contributed by atoms with Crippen molar-refractivity contribution in [3.63, 3.8) is 0 Å². The van der Waals surface area contributed by atoms with Gasteiger partial charge in [-0.15, -0.1) is 0 Å². The van der Waals surface area contributed by atoms with Crippen LogP contribution in [0.5, 0.6) is 0 Å². The molecule has 4 heteroatoms. The molecule has 0 aliphatic rings. The number of alkyl halides is 2. The molecule has 0 atom stereocenters. The third-order valence-corrected chi connectivity index (χ3v) is 2.05. The average Bonchev–Trinajstić information content (AvgIpc) is 1.98. The molecule has 0 aliphatic heterocycles. The molecular weight excluding hydrogens is 174 g/mol. The number of halogens is 2.